The third-order valence-corrected chi connectivity index (χ3v) is 3.29. The molecule has 0 aliphatic rings. The average Bonchev–Trinajstić information content (AvgIpc) is 2.92. The lowest BCUT2D eigenvalue weighted by molar-refractivity contribution is -0.142. The second-order valence-electron chi connectivity index (χ2n) is 4.95. The van der Waals surface area contributed by atoms with Crippen LogP contribution in [0.1, 0.15) is 26.5 Å². The summed E-state index contributed by atoms with van der Waals surface area (Å²) >= 11 is 0. The summed E-state index contributed by atoms with van der Waals surface area (Å²) in [5.74, 6) is -2.19. The largest absolute Gasteiger partial charge is 0.478 e. The van der Waals surface area contributed by atoms with Crippen LogP contribution in [0, 0.1) is 0 Å². The standard InChI is InChI=1S/C15H9F3N4O3/c16-15(17,18)12-9-5-4-8(14(24)25)7-11(9)20-22(12)21-13(23)10-3-1-2-6-19-10/h1-7H,(H,21,23)(H,24,25). The molecule has 3 rings (SSSR count). The fraction of sp³-hybridized carbons (Fsp3) is 0.0667. The number of amides is 1. The van der Waals surface area contributed by atoms with E-state index >= 15 is 0 Å². The van der Waals surface area contributed by atoms with Crippen molar-refractivity contribution in [3.05, 3.63) is 59.5 Å². The number of carbonyl (C=O) groups is 2. The van der Waals surface area contributed by atoms with E-state index in [2.05, 4.69) is 10.1 Å². The maximum Gasteiger partial charge on any atom is 0.435 e. The van der Waals surface area contributed by atoms with Crippen molar-refractivity contribution in [1.29, 1.82) is 0 Å². The molecule has 0 aliphatic carbocycles. The van der Waals surface area contributed by atoms with E-state index in [4.69, 9.17) is 5.11 Å². The van der Waals surface area contributed by atoms with Gasteiger partial charge in [0.25, 0.3) is 5.91 Å². The van der Waals surface area contributed by atoms with Gasteiger partial charge >= 0.3 is 12.1 Å². The number of aromatic carboxylic acids is 1. The second-order valence-corrected chi connectivity index (χ2v) is 4.95. The smallest absolute Gasteiger partial charge is 0.435 e. The van der Waals surface area contributed by atoms with Crippen LogP contribution in [-0.4, -0.2) is 31.9 Å². The first-order valence-corrected chi connectivity index (χ1v) is 6.83. The van der Waals surface area contributed by atoms with Crippen LogP contribution in [0.15, 0.2) is 42.6 Å². The zero-order valence-corrected chi connectivity index (χ0v) is 12.3. The van der Waals surface area contributed by atoms with Crippen LogP contribution in [0.2, 0.25) is 0 Å². The Morgan fingerprint density at radius 1 is 1.16 bits per heavy atom. The van der Waals surface area contributed by atoms with Gasteiger partial charge in [-0.1, -0.05) is 6.07 Å². The first-order chi connectivity index (χ1) is 11.8. The molecule has 0 spiro atoms. The Bertz CT molecular complexity index is 967. The van der Waals surface area contributed by atoms with Gasteiger partial charge in [0.15, 0.2) is 5.69 Å². The molecular formula is C15H9F3N4O3. The molecule has 1 aromatic carbocycles. The summed E-state index contributed by atoms with van der Waals surface area (Å²) in [6, 6.07) is 7.41. The topological polar surface area (TPSA) is 97.1 Å². The predicted octanol–water partition coefficient (Wildman–Crippen LogP) is 2.53. The fourth-order valence-electron chi connectivity index (χ4n) is 2.22. The number of rotatable bonds is 3. The lowest BCUT2D eigenvalue weighted by Crippen LogP contribution is -2.29. The van der Waals surface area contributed by atoms with E-state index in [-0.39, 0.29) is 27.0 Å². The molecule has 0 radical (unpaired) electrons. The van der Waals surface area contributed by atoms with E-state index < -0.39 is 23.7 Å². The van der Waals surface area contributed by atoms with Crippen molar-refractivity contribution >= 4 is 22.8 Å². The number of hydrogen-bond acceptors (Lipinski definition) is 4. The molecule has 0 unspecified atom stereocenters. The number of alkyl halides is 3. The highest BCUT2D eigenvalue weighted by atomic mass is 19.4. The second kappa shape index (κ2) is 5.89. The van der Waals surface area contributed by atoms with Crippen LogP contribution >= 0.6 is 0 Å². The Morgan fingerprint density at radius 3 is 2.52 bits per heavy atom. The van der Waals surface area contributed by atoms with Gasteiger partial charge < -0.3 is 5.11 Å². The van der Waals surface area contributed by atoms with Crippen molar-refractivity contribution in [3.63, 3.8) is 0 Å². The first-order valence-electron chi connectivity index (χ1n) is 6.83. The zero-order chi connectivity index (χ0) is 18.2. The number of aromatic nitrogens is 3. The minimum absolute atomic E-state index is 0.0959. The minimum Gasteiger partial charge on any atom is -0.478 e. The molecule has 2 heterocycles. The molecule has 128 valence electrons. The van der Waals surface area contributed by atoms with Crippen molar-refractivity contribution in [2.24, 2.45) is 0 Å². The number of halogens is 3. The Balaban J connectivity index is 2.10. The lowest BCUT2D eigenvalue weighted by atomic mass is 10.1. The van der Waals surface area contributed by atoms with E-state index in [0.717, 1.165) is 18.2 Å². The molecule has 0 fully saturated rings. The number of pyridine rings is 1. The first kappa shape index (κ1) is 16.4. The highest BCUT2D eigenvalue weighted by Crippen LogP contribution is 2.34. The van der Waals surface area contributed by atoms with Crippen LogP contribution in [0.4, 0.5) is 13.2 Å². The van der Waals surface area contributed by atoms with Gasteiger partial charge in [-0.15, -0.1) is 0 Å². The normalized spacial score (nSPS) is 11.5. The Labute approximate surface area is 137 Å². The number of nitrogens with zero attached hydrogens (tertiary/aromatic N) is 3. The predicted molar refractivity (Wildman–Crippen MR) is 79.6 cm³/mol. The van der Waals surface area contributed by atoms with Crippen LogP contribution in [0.5, 0.6) is 0 Å². The van der Waals surface area contributed by atoms with Gasteiger partial charge in [0, 0.05) is 11.6 Å². The van der Waals surface area contributed by atoms with E-state index in [1.165, 1.54) is 18.3 Å². The summed E-state index contributed by atoms with van der Waals surface area (Å²) in [5, 5.41) is 12.3. The summed E-state index contributed by atoms with van der Waals surface area (Å²) in [6.07, 6.45) is -3.50. The number of hydrogen-bond donors (Lipinski definition) is 2. The van der Waals surface area contributed by atoms with Gasteiger partial charge in [0.2, 0.25) is 0 Å². The number of carbonyl (C=O) groups excluding carboxylic acids is 1. The lowest BCUT2D eigenvalue weighted by Gasteiger charge is -2.11. The molecule has 7 nitrogen and oxygen atoms in total. The van der Waals surface area contributed by atoms with Crippen molar-refractivity contribution in [1.82, 2.24) is 14.9 Å². The Morgan fingerprint density at radius 2 is 1.92 bits per heavy atom. The quantitative estimate of drug-likeness (QED) is 0.757. The SMILES string of the molecule is O=C(O)c1ccc2c(C(F)(F)F)n(NC(=O)c3ccccn3)nc2c1. The summed E-state index contributed by atoms with van der Waals surface area (Å²) in [6.45, 7) is 0. The number of benzene rings is 1. The van der Waals surface area contributed by atoms with Crippen molar-refractivity contribution in [2.75, 3.05) is 5.43 Å². The monoisotopic (exact) mass is 350 g/mol. The van der Waals surface area contributed by atoms with Crippen molar-refractivity contribution < 1.29 is 27.9 Å². The minimum atomic E-state index is -4.82. The number of nitrogens with one attached hydrogen (secondary N) is 1. The third-order valence-electron chi connectivity index (χ3n) is 3.29. The summed E-state index contributed by atoms with van der Waals surface area (Å²) in [4.78, 5) is 27.0. The fourth-order valence-corrected chi connectivity index (χ4v) is 2.22. The van der Waals surface area contributed by atoms with Gasteiger partial charge in [-0.25, -0.2) is 10.2 Å². The van der Waals surface area contributed by atoms with Gasteiger partial charge in [0.1, 0.15) is 5.69 Å². The van der Waals surface area contributed by atoms with Crippen LogP contribution in [0.25, 0.3) is 10.9 Å². The Kier molecular flexibility index (Phi) is 3.87. The highest BCUT2D eigenvalue weighted by Gasteiger charge is 2.38. The Hall–Kier alpha value is -3.43. The third kappa shape index (κ3) is 3.13. The molecule has 0 bridgehead atoms. The average molecular weight is 350 g/mol. The summed E-state index contributed by atoms with van der Waals surface area (Å²) in [5.41, 5.74) is 0.259. The molecule has 2 N–H and O–H groups in total. The van der Waals surface area contributed by atoms with E-state index in [0.29, 0.717) is 0 Å². The molecule has 0 saturated heterocycles. The highest BCUT2D eigenvalue weighted by molar-refractivity contribution is 5.99. The molecule has 2 aromatic heterocycles. The molecule has 0 saturated carbocycles. The molecule has 1 amide bonds. The van der Waals surface area contributed by atoms with Crippen LogP contribution < -0.4 is 5.43 Å². The number of carboxylic acid groups (broad SMARTS) is 1. The molecule has 3 aromatic rings. The van der Waals surface area contributed by atoms with E-state index in [1.54, 1.807) is 6.07 Å². The maximum absolute atomic E-state index is 13.4. The molecule has 0 aliphatic heterocycles. The number of carboxylic acids is 1. The van der Waals surface area contributed by atoms with Crippen LogP contribution in [-0.2, 0) is 6.18 Å². The van der Waals surface area contributed by atoms with Gasteiger partial charge in [-0.2, -0.15) is 23.1 Å². The van der Waals surface area contributed by atoms with Gasteiger partial charge in [-0.05, 0) is 30.3 Å². The van der Waals surface area contributed by atoms with Gasteiger partial charge in [-0.3, -0.25) is 9.78 Å². The molecule has 10 heteroatoms. The van der Waals surface area contributed by atoms with Crippen molar-refractivity contribution in [3.8, 4) is 0 Å². The molecule has 0 atom stereocenters. The summed E-state index contributed by atoms with van der Waals surface area (Å²) in [7, 11) is 0. The van der Waals surface area contributed by atoms with Crippen LogP contribution in [0.3, 0.4) is 0 Å². The van der Waals surface area contributed by atoms with E-state index in [1.807, 2.05) is 5.43 Å². The van der Waals surface area contributed by atoms with Crippen molar-refractivity contribution in [2.45, 2.75) is 6.18 Å². The maximum atomic E-state index is 13.4. The summed E-state index contributed by atoms with van der Waals surface area (Å²) < 4.78 is 40.1. The molecule has 25 heavy (non-hydrogen) atoms. The van der Waals surface area contributed by atoms with E-state index in [9.17, 15) is 22.8 Å². The zero-order valence-electron chi connectivity index (χ0n) is 12.3. The number of fused-ring (bicyclic) bond motifs is 1. The molecular weight excluding hydrogens is 341 g/mol. The van der Waals surface area contributed by atoms with Gasteiger partial charge in [0.05, 0.1) is 11.1 Å².